The van der Waals surface area contributed by atoms with Gasteiger partial charge in [-0.15, -0.1) is 12.4 Å². The molecule has 5 rings (SSSR count). The van der Waals surface area contributed by atoms with Crippen molar-refractivity contribution < 1.29 is 14.3 Å². The third-order valence-electron chi connectivity index (χ3n) is 7.02. The highest BCUT2D eigenvalue weighted by Crippen LogP contribution is 2.43. The molecule has 0 N–H and O–H groups in total. The quantitative estimate of drug-likeness (QED) is 0.637. The van der Waals surface area contributed by atoms with Gasteiger partial charge < -0.3 is 14.4 Å². The topological polar surface area (TPSA) is 65.8 Å². The molecular formula is C25H30ClN3O3. The lowest BCUT2D eigenvalue weighted by Crippen LogP contribution is -2.46. The van der Waals surface area contributed by atoms with Crippen LogP contribution in [-0.2, 0) is 14.3 Å². The summed E-state index contributed by atoms with van der Waals surface area (Å²) in [6.45, 7) is 4.05. The van der Waals surface area contributed by atoms with Gasteiger partial charge in [-0.1, -0.05) is 24.3 Å². The van der Waals surface area contributed by atoms with Gasteiger partial charge in [0.05, 0.1) is 31.3 Å². The van der Waals surface area contributed by atoms with E-state index in [4.69, 9.17) is 9.47 Å². The molecule has 2 atom stereocenters. The van der Waals surface area contributed by atoms with Crippen LogP contribution in [0, 0.1) is 11.3 Å². The van der Waals surface area contributed by atoms with Crippen LogP contribution in [0.1, 0.15) is 37.7 Å². The number of hydrogen-bond acceptors (Lipinski definition) is 6. The third-order valence-corrected chi connectivity index (χ3v) is 7.02. The number of anilines is 1. The lowest BCUT2D eigenvalue weighted by atomic mass is 9.96. The van der Waals surface area contributed by atoms with Crippen LogP contribution in [0.15, 0.2) is 36.4 Å². The second kappa shape index (κ2) is 10.1. The van der Waals surface area contributed by atoms with Gasteiger partial charge in [0.15, 0.2) is 0 Å². The van der Waals surface area contributed by atoms with Gasteiger partial charge in [0.2, 0.25) is 0 Å². The van der Waals surface area contributed by atoms with E-state index in [1.165, 1.54) is 5.69 Å². The van der Waals surface area contributed by atoms with Crippen molar-refractivity contribution >= 4 is 34.8 Å². The number of nitrogens with zero attached hydrogens (tertiary/aromatic N) is 3. The molecular weight excluding hydrogens is 426 g/mol. The van der Waals surface area contributed by atoms with Crippen molar-refractivity contribution in [3.05, 3.63) is 42.0 Å². The van der Waals surface area contributed by atoms with Gasteiger partial charge in [0, 0.05) is 61.0 Å². The van der Waals surface area contributed by atoms with Crippen LogP contribution >= 0.6 is 12.4 Å². The Hall–Kier alpha value is -2.33. The first-order valence-electron chi connectivity index (χ1n) is 11.4. The molecule has 3 heterocycles. The van der Waals surface area contributed by atoms with Crippen molar-refractivity contribution in [2.75, 3.05) is 37.7 Å². The fraction of sp³-hybridized carbons (Fsp3) is 0.520. The summed E-state index contributed by atoms with van der Waals surface area (Å²) in [5.41, 5.74) is 1.93. The van der Waals surface area contributed by atoms with E-state index in [0.29, 0.717) is 18.5 Å². The van der Waals surface area contributed by atoms with Crippen LogP contribution < -0.4 is 4.90 Å². The molecule has 2 aromatic rings. The average molecular weight is 456 g/mol. The van der Waals surface area contributed by atoms with E-state index in [1.807, 2.05) is 24.3 Å². The number of carbonyl (C=O) groups is 1. The maximum Gasteiger partial charge on any atom is 0.307 e. The van der Waals surface area contributed by atoms with Gasteiger partial charge in [-0.05, 0) is 25.0 Å². The standard InChI is InChI=1S/C25H29N3O3.ClH/c26-17-18-5-8-24(23-4-2-1-3-22(18)23)28-19-6-7-20(28)16-21(15-19)31-25(29)9-10-27-11-13-30-14-12-27;/h1-5,8,19-21H,6-7,9-16H2;1H. The molecule has 0 saturated carbocycles. The van der Waals surface area contributed by atoms with Crippen LogP contribution in [0.3, 0.4) is 0 Å². The Bertz CT molecular complexity index is 988. The number of esters is 1. The third kappa shape index (κ3) is 4.56. The SMILES string of the molecule is Cl.N#Cc1ccc(N2C3CCC2CC(OC(=O)CCN2CCOCC2)C3)c2ccccc12. The Kier molecular flexibility index (Phi) is 7.20. The predicted octanol–water partition coefficient (Wildman–Crippen LogP) is 3.90. The minimum Gasteiger partial charge on any atom is -0.462 e. The lowest BCUT2D eigenvalue weighted by molar-refractivity contribution is -0.151. The van der Waals surface area contributed by atoms with Crippen molar-refractivity contribution in [2.24, 2.45) is 0 Å². The molecule has 0 aromatic heterocycles. The van der Waals surface area contributed by atoms with Crippen LogP contribution in [0.25, 0.3) is 10.8 Å². The van der Waals surface area contributed by atoms with E-state index >= 15 is 0 Å². The summed E-state index contributed by atoms with van der Waals surface area (Å²) < 4.78 is 11.3. The maximum atomic E-state index is 12.5. The molecule has 3 aliphatic heterocycles. The molecule has 3 saturated heterocycles. The number of nitriles is 1. The number of ether oxygens (including phenoxy) is 2. The number of carbonyl (C=O) groups excluding carboxylic acids is 1. The number of morpholine rings is 1. The summed E-state index contributed by atoms with van der Waals surface area (Å²) in [6, 6.07) is 15.3. The molecule has 2 bridgehead atoms. The molecule has 0 radical (unpaired) electrons. The molecule has 0 aliphatic carbocycles. The van der Waals surface area contributed by atoms with E-state index < -0.39 is 0 Å². The zero-order valence-electron chi connectivity index (χ0n) is 18.2. The predicted molar refractivity (Wildman–Crippen MR) is 126 cm³/mol. The van der Waals surface area contributed by atoms with E-state index in [9.17, 15) is 10.1 Å². The molecule has 0 amide bonds. The average Bonchev–Trinajstić information content (AvgIpc) is 3.07. The molecule has 3 aliphatic rings. The second-order valence-corrected chi connectivity index (χ2v) is 8.87. The van der Waals surface area contributed by atoms with Crippen LogP contribution in [0.5, 0.6) is 0 Å². The Morgan fingerprint density at radius 2 is 1.75 bits per heavy atom. The van der Waals surface area contributed by atoms with Gasteiger partial charge in [-0.25, -0.2) is 0 Å². The van der Waals surface area contributed by atoms with E-state index in [2.05, 4.69) is 28.0 Å². The fourth-order valence-corrected chi connectivity index (χ4v) is 5.54. The summed E-state index contributed by atoms with van der Waals surface area (Å²) in [5, 5.41) is 11.6. The lowest BCUT2D eigenvalue weighted by Gasteiger charge is -2.40. The first-order valence-corrected chi connectivity index (χ1v) is 11.4. The van der Waals surface area contributed by atoms with Gasteiger partial charge in [0.1, 0.15) is 6.10 Å². The molecule has 2 unspecified atom stereocenters. The molecule has 32 heavy (non-hydrogen) atoms. The largest absolute Gasteiger partial charge is 0.462 e. The molecule has 7 heteroatoms. The summed E-state index contributed by atoms with van der Waals surface area (Å²) in [6.07, 6.45) is 4.48. The second-order valence-electron chi connectivity index (χ2n) is 8.87. The smallest absolute Gasteiger partial charge is 0.307 e. The van der Waals surface area contributed by atoms with Crippen molar-refractivity contribution in [2.45, 2.75) is 50.3 Å². The zero-order valence-corrected chi connectivity index (χ0v) is 19.1. The number of hydrogen-bond donors (Lipinski definition) is 0. The van der Waals surface area contributed by atoms with E-state index in [0.717, 1.165) is 74.9 Å². The highest BCUT2D eigenvalue weighted by molar-refractivity contribution is 5.98. The van der Waals surface area contributed by atoms with Crippen molar-refractivity contribution in [1.82, 2.24) is 4.90 Å². The Labute approximate surface area is 195 Å². The number of rotatable bonds is 5. The van der Waals surface area contributed by atoms with Crippen molar-refractivity contribution in [3.8, 4) is 6.07 Å². The number of halogens is 1. The van der Waals surface area contributed by atoms with Crippen LogP contribution in [-0.4, -0.2) is 61.9 Å². The summed E-state index contributed by atoms with van der Waals surface area (Å²) in [7, 11) is 0. The molecule has 170 valence electrons. The van der Waals surface area contributed by atoms with Crippen molar-refractivity contribution in [1.29, 1.82) is 5.26 Å². The summed E-state index contributed by atoms with van der Waals surface area (Å²) in [5.74, 6) is -0.0758. The molecule has 6 nitrogen and oxygen atoms in total. The maximum absolute atomic E-state index is 12.5. The number of benzene rings is 2. The minimum atomic E-state index is -0.0758. The van der Waals surface area contributed by atoms with Crippen molar-refractivity contribution in [3.63, 3.8) is 0 Å². The number of piperidine rings is 1. The summed E-state index contributed by atoms with van der Waals surface area (Å²) >= 11 is 0. The minimum absolute atomic E-state index is 0. The highest BCUT2D eigenvalue weighted by Gasteiger charge is 2.42. The normalized spacial score (nSPS) is 25.2. The Morgan fingerprint density at radius 3 is 2.44 bits per heavy atom. The van der Waals surface area contributed by atoms with Crippen LogP contribution in [0.2, 0.25) is 0 Å². The fourth-order valence-electron chi connectivity index (χ4n) is 5.54. The van der Waals surface area contributed by atoms with E-state index in [-0.39, 0.29) is 24.5 Å². The Balaban J connectivity index is 0.00000245. The van der Waals surface area contributed by atoms with E-state index in [1.54, 1.807) is 0 Å². The molecule has 3 fully saturated rings. The molecule has 2 aromatic carbocycles. The first kappa shape index (κ1) is 22.8. The van der Waals surface area contributed by atoms with Gasteiger partial charge in [-0.2, -0.15) is 5.26 Å². The Morgan fingerprint density at radius 1 is 1.06 bits per heavy atom. The van der Waals surface area contributed by atoms with Crippen LogP contribution in [0.4, 0.5) is 5.69 Å². The summed E-state index contributed by atoms with van der Waals surface area (Å²) in [4.78, 5) is 17.3. The first-order chi connectivity index (χ1) is 15.2. The monoisotopic (exact) mass is 455 g/mol. The highest BCUT2D eigenvalue weighted by atomic mass is 35.5. The zero-order chi connectivity index (χ0) is 21.2. The van der Waals surface area contributed by atoms with Gasteiger partial charge in [-0.3, -0.25) is 9.69 Å². The molecule has 0 spiro atoms. The van der Waals surface area contributed by atoms with Gasteiger partial charge in [0.25, 0.3) is 0 Å². The van der Waals surface area contributed by atoms with Gasteiger partial charge >= 0.3 is 5.97 Å². The number of fused-ring (bicyclic) bond motifs is 3.